The maximum absolute atomic E-state index is 5.34. The van der Waals surface area contributed by atoms with Gasteiger partial charge in [-0.05, 0) is 30.8 Å². The molecule has 1 N–H and O–H groups in total. The number of nitrogens with one attached hydrogen (secondary N) is 1. The van der Waals surface area contributed by atoms with Gasteiger partial charge in [-0.2, -0.15) is 0 Å². The second kappa shape index (κ2) is 7.12. The lowest BCUT2D eigenvalue weighted by molar-refractivity contribution is 0.416. The average molecular weight is 252 g/mol. The van der Waals surface area contributed by atoms with E-state index in [0.717, 1.165) is 35.9 Å². The van der Waals surface area contributed by atoms with E-state index < -0.39 is 0 Å². The van der Waals surface area contributed by atoms with Gasteiger partial charge >= 0.3 is 0 Å². The summed E-state index contributed by atoms with van der Waals surface area (Å²) in [6.45, 7) is 3.07. The highest BCUT2D eigenvalue weighted by molar-refractivity contribution is 7.80. The summed E-state index contributed by atoms with van der Waals surface area (Å²) in [4.78, 5) is 1.93. The van der Waals surface area contributed by atoms with E-state index >= 15 is 0 Å². The summed E-state index contributed by atoms with van der Waals surface area (Å²) in [5.41, 5.74) is 0.976. The Balaban J connectivity index is 2.67. The molecule has 0 amide bonds. The van der Waals surface area contributed by atoms with Gasteiger partial charge in [0.25, 0.3) is 0 Å². The minimum Gasteiger partial charge on any atom is -0.495 e. The summed E-state index contributed by atoms with van der Waals surface area (Å²) in [6.07, 6.45) is 2.29. The summed E-state index contributed by atoms with van der Waals surface area (Å²) in [7, 11) is 3.61. The molecule has 17 heavy (non-hydrogen) atoms. The van der Waals surface area contributed by atoms with Crippen molar-refractivity contribution >= 4 is 23.0 Å². The van der Waals surface area contributed by atoms with Crippen molar-refractivity contribution in [1.82, 2.24) is 5.32 Å². The third-order valence-corrected chi connectivity index (χ3v) is 2.98. The van der Waals surface area contributed by atoms with Crippen molar-refractivity contribution in [1.29, 1.82) is 0 Å². The molecule has 1 rings (SSSR count). The number of unbranched alkanes of at least 4 members (excludes halogenated alkanes) is 1. The Hall–Kier alpha value is -1.29. The summed E-state index contributed by atoms with van der Waals surface area (Å²) >= 11 is 5.34. The fourth-order valence-electron chi connectivity index (χ4n) is 1.51. The third kappa shape index (κ3) is 3.89. The van der Waals surface area contributed by atoms with Crippen LogP contribution < -0.4 is 15.0 Å². The molecule has 0 spiro atoms. The number of thiocarbonyl (C=S) groups is 1. The summed E-state index contributed by atoms with van der Waals surface area (Å²) in [6, 6.07) is 7.85. The van der Waals surface area contributed by atoms with Crippen LogP contribution in [0, 0.1) is 0 Å². The number of anilines is 1. The molecule has 0 saturated heterocycles. The van der Waals surface area contributed by atoms with E-state index in [1.54, 1.807) is 7.11 Å². The zero-order valence-corrected chi connectivity index (χ0v) is 11.5. The Labute approximate surface area is 109 Å². The Morgan fingerprint density at radius 2 is 2.12 bits per heavy atom. The van der Waals surface area contributed by atoms with Gasteiger partial charge in [-0.1, -0.05) is 25.5 Å². The van der Waals surface area contributed by atoms with Gasteiger partial charge in [-0.15, -0.1) is 0 Å². The summed E-state index contributed by atoms with van der Waals surface area (Å²) in [5, 5.41) is 3.96. The van der Waals surface area contributed by atoms with E-state index in [4.69, 9.17) is 17.0 Å². The number of ether oxygens (including phenoxy) is 1. The van der Waals surface area contributed by atoms with Gasteiger partial charge in [0, 0.05) is 13.6 Å². The first-order chi connectivity index (χ1) is 8.20. The molecule has 3 nitrogen and oxygen atoms in total. The lowest BCUT2D eigenvalue weighted by Crippen LogP contribution is -2.37. The van der Waals surface area contributed by atoms with Crippen LogP contribution in [-0.2, 0) is 0 Å². The van der Waals surface area contributed by atoms with Crippen molar-refractivity contribution in [2.24, 2.45) is 0 Å². The molecule has 0 aliphatic rings. The second-order valence-electron chi connectivity index (χ2n) is 3.82. The molecule has 0 aromatic heterocycles. The zero-order chi connectivity index (χ0) is 12.7. The van der Waals surface area contributed by atoms with E-state index in [1.807, 2.05) is 36.2 Å². The molecule has 0 atom stereocenters. The first-order valence-electron chi connectivity index (χ1n) is 5.85. The van der Waals surface area contributed by atoms with Crippen LogP contribution in [0.1, 0.15) is 19.8 Å². The highest BCUT2D eigenvalue weighted by Crippen LogP contribution is 2.26. The molecule has 0 aliphatic heterocycles. The first kappa shape index (κ1) is 13.8. The molecule has 0 aliphatic carbocycles. The molecular weight excluding hydrogens is 232 g/mol. The standard InChI is InChI=1S/C13H20N2OS/c1-4-5-10-14-13(17)15(2)11-8-6-7-9-12(11)16-3/h6-9H,4-5,10H2,1-3H3,(H,14,17). The molecule has 1 aromatic rings. The van der Waals surface area contributed by atoms with Gasteiger partial charge in [-0.25, -0.2) is 0 Å². The van der Waals surface area contributed by atoms with Gasteiger partial charge in [0.1, 0.15) is 5.75 Å². The van der Waals surface area contributed by atoms with E-state index in [1.165, 1.54) is 0 Å². The predicted molar refractivity (Wildman–Crippen MR) is 76.9 cm³/mol. The van der Waals surface area contributed by atoms with Crippen LogP contribution in [0.25, 0.3) is 0 Å². The Morgan fingerprint density at radius 1 is 1.41 bits per heavy atom. The van der Waals surface area contributed by atoms with E-state index in [-0.39, 0.29) is 0 Å². The van der Waals surface area contributed by atoms with Crippen LogP contribution >= 0.6 is 12.2 Å². The van der Waals surface area contributed by atoms with Gasteiger partial charge < -0.3 is 15.0 Å². The summed E-state index contributed by atoms with van der Waals surface area (Å²) in [5.74, 6) is 0.828. The van der Waals surface area contributed by atoms with Gasteiger partial charge in [0.05, 0.1) is 12.8 Å². The molecule has 4 heteroatoms. The predicted octanol–water partition coefficient (Wildman–Crippen LogP) is 2.81. The SMILES string of the molecule is CCCCNC(=S)N(C)c1ccccc1OC. The molecule has 0 heterocycles. The Kier molecular flexibility index (Phi) is 5.77. The fraction of sp³-hybridized carbons (Fsp3) is 0.462. The molecule has 0 radical (unpaired) electrons. The molecule has 0 bridgehead atoms. The van der Waals surface area contributed by atoms with Crippen molar-refractivity contribution in [3.05, 3.63) is 24.3 Å². The van der Waals surface area contributed by atoms with Crippen LogP contribution in [0.5, 0.6) is 5.75 Å². The molecule has 94 valence electrons. The molecular formula is C13H20N2OS. The fourth-order valence-corrected chi connectivity index (χ4v) is 1.71. The third-order valence-electron chi connectivity index (χ3n) is 2.56. The van der Waals surface area contributed by atoms with Crippen molar-refractivity contribution in [3.8, 4) is 5.75 Å². The van der Waals surface area contributed by atoms with E-state index in [2.05, 4.69) is 12.2 Å². The number of benzene rings is 1. The van der Waals surface area contributed by atoms with Gasteiger partial charge in [-0.3, -0.25) is 0 Å². The topological polar surface area (TPSA) is 24.5 Å². The number of rotatable bonds is 5. The van der Waals surface area contributed by atoms with Crippen molar-refractivity contribution in [3.63, 3.8) is 0 Å². The quantitative estimate of drug-likeness (QED) is 0.643. The summed E-state index contributed by atoms with van der Waals surface area (Å²) < 4.78 is 5.31. The highest BCUT2D eigenvalue weighted by Gasteiger charge is 2.10. The molecule has 1 aromatic carbocycles. The van der Waals surface area contributed by atoms with Crippen LogP contribution in [0.15, 0.2) is 24.3 Å². The monoisotopic (exact) mass is 252 g/mol. The largest absolute Gasteiger partial charge is 0.495 e. The Bertz CT molecular complexity index is 368. The van der Waals surface area contributed by atoms with Crippen molar-refractivity contribution < 1.29 is 4.74 Å². The maximum Gasteiger partial charge on any atom is 0.173 e. The first-order valence-corrected chi connectivity index (χ1v) is 6.26. The zero-order valence-electron chi connectivity index (χ0n) is 10.7. The number of para-hydroxylation sites is 2. The van der Waals surface area contributed by atoms with Crippen molar-refractivity contribution in [2.45, 2.75) is 19.8 Å². The second-order valence-corrected chi connectivity index (χ2v) is 4.20. The molecule has 0 saturated carbocycles. The smallest absolute Gasteiger partial charge is 0.173 e. The van der Waals surface area contributed by atoms with Gasteiger partial charge in [0.2, 0.25) is 0 Å². The van der Waals surface area contributed by atoms with E-state index in [9.17, 15) is 0 Å². The normalized spacial score (nSPS) is 9.82. The highest BCUT2D eigenvalue weighted by atomic mass is 32.1. The maximum atomic E-state index is 5.34. The number of hydrogen-bond acceptors (Lipinski definition) is 2. The van der Waals surface area contributed by atoms with E-state index in [0.29, 0.717) is 0 Å². The number of methoxy groups -OCH3 is 1. The molecule has 0 unspecified atom stereocenters. The minimum atomic E-state index is 0.725. The Morgan fingerprint density at radius 3 is 2.76 bits per heavy atom. The van der Waals surface area contributed by atoms with Gasteiger partial charge in [0.15, 0.2) is 5.11 Å². The van der Waals surface area contributed by atoms with Crippen LogP contribution in [-0.4, -0.2) is 25.8 Å². The van der Waals surface area contributed by atoms with Crippen LogP contribution in [0.3, 0.4) is 0 Å². The molecule has 0 fully saturated rings. The number of hydrogen-bond donors (Lipinski definition) is 1. The van der Waals surface area contributed by atoms with Crippen LogP contribution in [0.2, 0.25) is 0 Å². The minimum absolute atomic E-state index is 0.725. The lowest BCUT2D eigenvalue weighted by atomic mass is 10.3. The lowest BCUT2D eigenvalue weighted by Gasteiger charge is -2.22. The van der Waals surface area contributed by atoms with Crippen molar-refractivity contribution in [2.75, 3.05) is 25.6 Å². The average Bonchev–Trinajstić information content (AvgIpc) is 2.38. The van der Waals surface area contributed by atoms with Crippen LogP contribution in [0.4, 0.5) is 5.69 Å². The number of nitrogens with zero attached hydrogens (tertiary/aromatic N) is 1.